The second kappa shape index (κ2) is 4.89. The van der Waals surface area contributed by atoms with Crippen LogP contribution in [0.2, 0.25) is 0 Å². The maximum atomic E-state index is 13.4. The lowest BCUT2D eigenvalue weighted by atomic mass is 10.0. The largest absolute Gasteiger partial charge is 0.496 e. The van der Waals surface area contributed by atoms with Crippen molar-refractivity contribution in [3.8, 4) is 5.75 Å². The molecule has 0 radical (unpaired) electrons. The highest BCUT2D eigenvalue weighted by molar-refractivity contribution is 5.73. The monoisotopic (exact) mass is 231 g/mol. The fourth-order valence-electron chi connectivity index (χ4n) is 1.26. The molecule has 0 aliphatic carbocycles. The van der Waals surface area contributed by atoms with E-state index in [9.17, 15) is 13.6 Å². The fraction of sp³-hybridized carbons (Fsp3) is 0.300. The van der Waals surface area contributed by atoms with Crippen molar-refractivity contribution in [2.45, 2.75) is 12.5 Å². The molecule has 3 N–H and O–H groups in total. The van der Waals surface area contributed by atoms with Crippen molar-refractivity contribution in [1.82, 2.24) is 0 Å². The zero-order chi connectivity index (χ0) is 12.3. The first-order chi connectivity index (χ1) is 7.47. The van der Waals surface area contributed by atoms with Gasteiger partial charge < -0.3 is 15.6 Å². The zero-order valence-electron chi connectivity index (χ0n) is 8.54. The Kier molecular flexibility index (Phi) is 3.78. The van der Waals surface area contributed by atoms with Gasteiger partial charge in [-0.1, -0.05) is 0 Å². The van der Waals surface area contributed by atoms with Crippen molar-refractivity contribution in [2.75, 3.05) is 7.11 Å². The molecule has 0 bridgehead atoms. The van der Waals surface area contributed by atoms with Gasteiger partial charge in [0.1, 0.15) is 11.8 Å². The highest BCUT2D eigenvalue weighted by Crippen LogP contribution is 2.24. The molecule has 0 spiro atoms. The summed E-state index contributed by atoms with van der Waals surface area (Å²) >= 11 is 0. The molecule has 0 aliphatic rings. The summed E-state index contributed by atoms with van der Waals surface area (Å²) in [7, 11) is 1.28. The van der Waals surface area contributed by atoms with Gasteiger partial charge in [0.15, 0.2) is 11.6 Å². The van der Waals surface area contributed by atoms with Crippen LogP contribution < -0.4 is 10.5 Å². The molecule has 1 aromatic carbocycles. The Morgan fingerprint density at radius 2 is 2.19 bits per heavy atom. The van der Waals surface area contributed by atoms with Crippen molar-refractivity contribution in [3.63, 3.8) is 0 Å². The normalized spacial score (nSPS) is 12.2. The standard InChI is InChI=1S/C10H11F2NO3/c1-16-8-3-2-6(11)9(12)5(8)4-7(13)10(14)15/h2-3,7H,4,13H2,1H3,(H,14,15). The number of carbonyl (C=O) groups is 1. The smallest absolute Gasteiger partial charge is 0.320 e. The van der Waals surface area contributed by atoms with E-state index < -0.39 is 23.6 Å². The highest BCUT2D eigenvalue weighted by Gasteiger charge is 2.20. The predicted molar refractivity (Wildman–Crippen MR) is 52.2 cm³/mol. The Labute approximate surface area is 90.6 Å². The second-order valence-corrected chi connectivity index (χ2v) is 3.19. The van der Waals surface area contributed by atoms with E-state index in [1.165, 1.54) is 13.2 Å². The second-order valence-electron chi connectivity index (χ2n) is 3.19. The molecule has 1 rings (SSSR count). The molecule has 0 fully saturated rings. The van der Waals surface area contributed by atoms with Gasteiger partial charge in [0.05, 0.1) is 7.11 Å². The van der Waals surface area contributed by atoms with E-state index in [0.717, 1.165) is 6.07 Å². The predicted octanol–water partition coefficient (Wildman–Crippen LogP) is 0.928. The Bertz CT molecular complexity index is 409. The molecule has 16 heavy (non-hydrogen) atoms. The van der Waals surface area contributed by atoms with Crippen molar-refractivity contribution in [2.24, 2.45) is 5.73 Å². The number of halogens is 2. The van der Waals surface area contributed by atoms with Crippen molar-refractivity contribution in [1.29, 1.82) is 0 Å². The molecule has 0 saturated carbocycles. The molecule has 0 aliphatic heterocycles. The summed E-state index contributed by atoms with van der Waals surface area (Å²) < 4.78 is 31.1. The Balaban J connectivity index is 3.10. The SMILES string of the molecule is COc1ccc(F)c(F)c1CC(N)C(=O)O. The molecule has 1 aromatic rings. The van der Waals surface area contributed by atoms with Gasteiger partial charge >= 0.3 is 5.97 Å². The molecular weight excluding hydrogens is 220 g/mol. The molecule has 0 saturated heterocycles. The average molecular weight is 231 g/mol. The van der Waals surface area contributed by atoms with Gasteiger partial charge in [-0.05, 0) is 12.1 Å². The van der Waals surface area contributed by atoms with Gasteiger partial charge in [-0.2, -0.15) is 0 Å². The molecule has 0 amide bonds. The number of hydrogen-bond donors (Lipinski definition) is 2. The third-order valence-corrected chi connectivity index (χ3v) is 2.11. The maximum Gasteiger partial charge on any atom is 0.320 e. The number of aliphatic carboxylic acids is 1. The summed E-state index contributed by atoms with van der Waals surface area (Å²) in [6.45, 7) is 0. The number of hydrogen-bond acceptors (Lipinski definition) is 3. The van der Waals surface area contributed by atoms with E-state index in [1.54, 1.807) is 0 Å². The molecule has 1 unspecified atom stereocenters. The van der Waals surface area contributed by atoms with Crippen LogP contribution in [0.1, 0.15) is 5.56 Å². The molecule has 0 heterocycles. The number of ether oxygens (including phenoxy) is 1. The summed E-state index contributed by atoms with van der Waals surface area (Å²) in [4.78, 5) is 10.5. The minimum absolute atomic E-state index is 0.0793. The minimum Gasteiger partial charge on any atom is -0.496 e. The molecule has 88 valence electrons. The maximum absolute atomic E-state index is 13.4. The van der Waals surface area contributed by atoms with Crippen molar-refractivity contribution < 1.29 is 23.4 Å². The van der Waals surface area contributed by atoms with Gasteiger partial charge in [0.2, 0.25) is 0 Å². The third-order valence-electron chi connectivity index (χ3n) is 2.11. The van der Waals surface area contributed by atoms with Gasteiger partial charge in [0.25, 0.3) is 0 Å². The lowest BCUT2D eigenvalue weighted by Gasteiger charge is -2.12. The Hall–Kier alpha value is -1.69. The van der Waals surface area contributed by atoms with Crippen LogP contribution in [0.15, 0.2) is 12.1 Å². The van der Waals surface area contributed by atoms with Crippen molar-refractivity contribution in [3.05, 3.63) is 29.3 Å². The first kappa shape index (κ1) is 12.4. The lowest BCUT2D eigenvalue weighted by Crippen LogP contribution is -2.32. The quantitative estimate of drug-likeness (QED) is 0.808. The van der Waals surface area contributed by atoms with Crippen LogP contribution in [0.25, 0.3) is 0 Å². The summed E-state index contributed by atoms with van der Waals surface area (Å²) in [6, 6.07) is 0.830. The fourth-order valence-corrected chi connectivity index (χ4v) is 1.26. The van der Waals surface area contributed by atoms with Crippen LogP contribution in [0, 0.1) is 11.6 Å². The Morgan fingerprint density at radius 3 is 2.69 bits per heavy atom. The molecule has 4 nitrogen and oxygen atoms in total. The lowest BCUT2D eigenvalue weighted by molar-refractivity contribution is -0.138. The van der Waals surface area contributed by atoms with E-state index in [1.807, 2.05) is 0 Å². The van der Waals surface area contributed by atoms with Crippen LogP contribution in [0.4, 0.5) is 8.78 Å². The van der Waals surface area contributed by atoms with Gasteiger partial charge in [-0.3, -0.25) is 4.79 Å². The number of methoxy groups -OCH3 is 1. The van der Waals surface area contributed by atoms with E-state index >= 15 is 0 Å². The average Bonchev–Trinajstić information content (AvgIpc) is 2.25. The zero-order valence-corrected chi connectivity index (χ0v) is 8.54. The third kappa shape index (κ3) is 2.46. The molecular formula is C10H11F2NO3. The van der Waals surface area contributed by atoms with Gasteiger partial charge in [-0.15, -0.1) is 0 Å². The van der Waals surface area contributed by atoms with E-state index in [0.29, 0.717) is 0 Å². The minimum atomic E-state index is -1.30. The van der Waals surface area contributed by atoms with Crippen LogP contribution in [0.5, 0.6) is 5.75 Å². The summed E-state index contributed by atoms with van der Waals surface area (Å²) in [6.07, 6.45) is -0.331. The summed E-state index contributed by atoms with van der Waals surface area (Å²) in [5.74, 6) is -3.40. The van der Waals surface area contributed by atoms with E-state index in [2.05, 4.69) is 0 Å². The summed E-state index contributed by atoms with van der Waals surface area (Å²) in [5.41, 5.74) is 5.08. The topological polar surface area (TPSA) is 72.5 Å². The number of carboxylic acid groups (broad SMARTS) is 1. The highest BCUT2D eigenvalue weighted by atomic mass is 19.2. The number of rotatable bonds is 4. The van der Waals surface area contributed by atoms with Crippen LogP contribution in [-0.2, 0) is 11.2 Å². The van der Waals surface area contributed by atoms with E-state index in [-0.39, 0.29) is 17.7 Å². The van der Waals surface area contributed by atoms with Crippen LogP contribution in [0.3, 0.4) is 0 Å². The number of nitrogens with two attached hydrogens (primary N) is 1. The van der Waals surface area contributed by atoms with Gasteiger partial charge in [-0.25, -0.2) is 8.78 Å². The molecule has 6 heteroatoms. The van der Waals surface area contributed by atoms with Crippen LogP contribution in [-0.4, -0.2) is 24.2 Å². The number of benzene rings is 1. The molecule has 1 atom stereocenters. The number of carboxylic acids is 1. The molecule has 0 aromatic heterocycles. The van der Waals surface area contributed by atoms with Gasteiger partial charge in [0, 0.05) is 12.0 Å². The van der Waals surface area contributed by atoms with Crippen molar-refractivity contribution >= 4 is 5.97 Å². The Morgan fingerprint density at radius 1 is 1.56 bits per heavy atom. The van der Waals surface area contributed by atoms with Crippen LogP contribution >= 0.6 is 0 Å². The first-order valence-corrected chi connectivity index (χ1v) is 4.46. The first-order valence-electron chi connectivity index (χ1n) is 4.46. The van der Waals surface area contributed by atoms with E-state index in [4.69, 9.17) is 15.6 Å². The summed E-state index contributed by atoms with van der Waals surface area (Å²) in [5, 5.41) is 8.59.